The number of nitrogens with one attached hydrogen (secondary N) is 1. The van der Waals surface area contributed by atoms with Crippen LogP contribution in [0.1, 0.15) is 23.2 Å². The van der Waals surface area contributed by atoms with E-state index >= 15 is 0 Å². The molecule has 1 N–H and O–H groups in total. The molecule has 6 nitrogen and oxygen atoms in total. The number of halogens is 1. The number of pyridine rings is 1. The highest BCUT2D eigenvalue weighted by Crippen LogP contribution is 2.29. The molecule has 0 saturated heterocycles. The molecule has 2 aromatic heterocycles. The first-order chi connectivity index (χ1) is 14.1. The summed E-state index contributed by atoms with van der Waals surface area (Å²) in [6.45, 7) is 0.465. The minimum absolute atomic E-state index is 0.130. The Kier molecular flexibility index (Phi) is 5.71. The van der Waals surface area contributed by atoms with Crippen LogP contribution >= 0.6 is 11.8 Å². The quantitative estimate of drug-likeness (QED) is 0.499. The predicted octanol–water partition coefficient (Wildman–Crippen LogP) is 3.05. The lowest BCUT2D eigenvalue weighted by atomic mass is 10.2. The van der Waals surface area contributed by atoms with Gasteiger partial charge in [-0.3, -0.25) is 14.3 Å². The summed E-state index contributed by atoms with van der Waals surface area (Å²) in [5.41, 5.74) is 3.28. The van der Waals surface area contributed by atoms with Gasteiger partial charge in [0.2, 0.25) is 5.91 Å². The molecule has 148 valence electrons. The van der Waals surface area contributed by atoms with Crippen molar-refractivity contribution in [2.45, 2.75) is 30.8 Å². The fourth-order valence-corrected chi connectivity index (χ4v) is 4.28. The van der Waals surface area contributed by atoms with Gasteiger partial charge in [0.05, 0.1) is 12.3 Å². The lowest BCUT2D eigenvalue weighted by Gasteiger charge is -2.14. The number of benzene rings is 1. The van der Waals surface area contributed by atoms with E-state index in [2.05, 4.69) is 15.3 Å². The highest BCUT2D eigenvalue weighted by atomic mass is 32.2. The van der Waals surface area contributed by atoms with Crippen LogP contribution in [0.4, 0.5) is 10.1 Å². The molecule has 0 spiro atoms. The van der Waals surface area contributed by atoms with Gasteiger partial charge >= 0.3 is 5.69 Å². The van der Waals surface area contributed by atoms with E-state index < -0.39 is 0 Å². The maximum atomic E-state index is 13.0. The summed E-state index contributed by atoms with van der Waals surface area (Å²) < 4.78 is 14.7. The summed E-state index contributed by atoms with van der Waals surface area (Å²) in [6.07, 6.45) is 6.05. The number of carbonyl (C=O) groups excluding carboxylic acids is 1. The minimum Gasteiger partial charge on any atom is -0.325 e. The first-order valence-electron chi connectivity index (χ1n) is 9.30. The zero-order valence-electron chi connectivity index (χ0n) is 15.6. The second kappa shape index (κ2) is 8.57. The van der Waals surface area contributed by atoms with Crippen LogP contribution in [0.5, 0.6) is 0 Å². The highest BCUT2D eigenvalue weighted by Gasteiger charge is 2.22. The molecule has 4 rings (SSSR count). The van der Waals surface area contributed by atoms with Gasteiger partial charge in [-0.2, -0.15) is 4.98 Å². The third-order valence-corrected chi connectivity index (χ3v) is 5.78. The van der Waals surface area contributed by atoms with Gasteiger partial charge < -0.3 is 5.32 Å². The molecule has 29 heavy (non-hydrogen) atoms. The largest absolute Gasteiger partial charge is 0.349 e. The Morgan fingerprint density at radius 1 is 1.14 bits per heavy atom. The van der Waals surface area contributed by atoms with Crippen LogP contribution in [0.25, 0.3) is 0 Å². The molecule has 0 bridgehead atoms. The van der Waals surface area contributed by atoms with E-state index in [1.54, 1.807) is 17.0 Å². The maximum Gasteiger partial charge on any atom is 0.349 e. The molecule has 0 aliphatic heterocycles. The van der Waals surface area contributed by atoms with E-state index in [1.807, 2.05) is 12.1 Å². The number of fused-ring (bicyclic) bond motifs is 1. The SMILES string of the molecule is O=C(CSc1nc(=O)n(Cc2ccncc2)c2c1CCC2)Nc1ccc(F)cc1. The zero-order valence-corrected chi connectivity index (χ0v) is 16.4. The lowest BCUT2D eigenvalue weighted by Crippen LogP contribution is -2.28. The van der Waals surface area contributed by atoms with Gasteiger partial charge in [0, 0.05) is 29.3 Å². The Bertz CT molecular complexity index is 1080. The number of anilines is 1. The van der Waals surface area contributed by atoms with E-state index in [-0.39, 0.29) is 23.2 Å². The first kappa shape index (κ1) is 19.3. The topological polar surface area (TPSA) is 76.9 Å². The molecule has 1 aliphatic carbocycles. The van der Waals surface area contributed by atoms with Crippen molar-refractivity contribution in [3.05, 3.63) is 81.9 Å². The Morgan fingerprint density at radius 2 is 1.90 bits per heavy atom. The fraction of sp³-hybridized carbons (Fsp3) is 0.238. The summed E-state index contributed by atoms with van der Waals surface area (Å²) in [7, 11) is 0. The second-order valence-electron chi connectivity index (χ2n) is 6.76. The fourth-order valence-electron chi connectivity index (χ4n) is 3.40. The van der Waals surface area contributed by atoms with Crippen molar-refractivity contribution in [1.29, 1.82) is 0 Å². The van der Waals surface area contributed by atoms with Crippen molar-refractivity contribution in [3.8, 4) is 0 Å². The minimum atomic E-state index is -0.357. The van der Waals surface area contributed by atoms with Crippen LogP contribution in [0.2, 0.25) is 0 Å². The number of aromatic nitrogens is 3. The van der Waals surface area contributed by atoms with Crippen molar-refractivity contribution in [3.63, 3.8) is 0 Å². The summed E-state index contributed by atoms with van der Waals surface area (Å²) >= 11 is 1.26. The maximum absolute atomic E-state index is 13.0. The van der Waals surface area contributed by atoms with E-state index in [0.29, 0.717) is 17.3 Å². The molecule has 1 aliphatic rings. The molecule has 8 heteroatoms. The van der Waals surface area contributed by atoms with Crippen LogP contribution in [0.15, 0.2) is 58.6 Å². The highest BCUT2D eigenvalue weighted by molar-refractivity contribution is 8.00. The van der Waals surface area contributed by atoms with E-state index in [1.165, 1.54) is 36.0 Å². The van der Waals surface area contributed by atoms with Crippen molar-refractivity contribution in [2.75, 3.05) is 11.1 Å². The van der Waals surface area contributed by atoms with Gasteiger partial charge in [-0.15, -0.1) is 0 Å². The summed E-state index contributed by atoms with van der Waals surface area (Å²) in [4.78, 5) is 33.1. The third kappa shape index (κ3) is 4.54. The molecular formula is C21H19FN4O2S. The molecule has 1 aromatic carbocycles. The second-order valence-corrected chi connectivity index (χ2v) is 7.73. The lowest BCUT2D eigenvalue weighted by molar-refractivity contribution is -0.113. The van der Waals surface area contributed by atoms with Gasteiger partial charge in [-0.25, -0.2) is 9.18 Å². The van der Waals surface area contributed by atoms with Crippen molar-refractivity contribution < 1.29 is 9.18 Å². The smallest absolute Gasteiger partial charge is 0.325 e. The summed E-state index contributed by atoms with van der Waals surface area (Å²) in [5.74, 6) is -0.453. The van der Waals surface area contributed by atoms with Gasteiger partial charge in [-0.05, 0) is 61.2 Å². The Morgan fingerprint density at radius 3 is 2.66 bits per heavy atom. The number of hydrogen-bond acceptors (Lipinski definition) is 5. The van der Waals surface area contributed by atoms with Crippen molar-refractivity contribution in [2.24, 2.45) is 0 Å². The van der Waals surface area contributed by atoms with E-state index in [0.717, 1.165) is 36.1 Å². The number of hydrogen-bond donors (Lipinski definition) is 1. The Balaban J connectivity index is 1.49. The van der Waals surface area contributed by atoms with E-state index in [4.69, 9.17) is 0 Å². The van der Waals surface area contributed by atoms with Crippen molar-refractivity contribution >= 4 is 23.4 Å². The third-order valence-electron chi connectivity index (χ3n) is 4.76. The molecule has 3 aromatic rings. The number of nitrogens with zero attached hydrogens (tertiary/aromatic N) is 3. The van der Waals surface area contributed by atoms with Crippen molar-refractivity contribution in [1.82, 2.24) is 14.5 Å². The van der Waals surface area contributed by atoms with Gasteiger partial charge in [0.1, 0.15) is 10.8 Å². The number of carbonyl (C=O) groups is 1. The standard InChI is InChI=1S/C21H19FN4O2S/c22-15-4-6-16(7-5-15)24-19(27)13-29-20-17-2-1-3-18(17)26(21(28)25-20)12-14-8-10-23-11-9-14/h4-11H,1-3,12-13H2,(H,24,27). The monoisotopic (exact) mass is 410 g/mol. The summed E-state index contributed by atoms with van der Waals surface area (Å²) in [6, 6.07) is 9.37. The van der Waals surface area contributed by atoms with Gasteiger partial charge in [-0.1, -0.05) is 11.8 Å². The average Bonchev–Trinajstić information content (AvgIpc) is 3.21. The van der Waals surface area contributed by atoms with Crippen LogP contribution in [-0.4, -0.2) is 26.2 Å². The average molecular weight is 410 g/mol. The molecule has 0 saturated carbocycles. The molecular weight excluding hydrogens is 391 g/mol. The predicted molar refractivity (Wildman–Crippen MR) is 110 cm³/mol. The molecule has 1 amide bonds. The normalized spacial score (nSPS) is 12.6. The molecule has 0 atom stereocenters. The van der Waals surface area contributed by atoms with Crippen LogP contribution in [0, 0.1) is 5.82 Å². The number of rotatable bonds is 6. The molecule has 0 fully saturated rings. The van der Waals surface area contributed by atoms with Gasteiger partial charge in [0.25, 0.3) is 0 Å². The van der Waals surface area contributed by atoms with E-state index in [9.17, 15) is 14.0 Å². The van der Waals surface area contributed by atoms with Crippen LogP contribution in [-0.2, 0) is 24.2 Å². The number of amides is 1. The zero-order chi connectivity index (χ0) is 20.2. The van der Waals surface area contributed by atoms with Crippen LogP contribution in [0.3, 0.4) is 0 Å². The molecule has 2 heterocycles. The van der Waals surface area contributed by atoms with Crippen LogP contribution < -0.4 is 11.0 Å². The molecule has 0 unspecified atom stereocenters. The summed E-state index contributed by atoms with van der Waals surface area (Å²) in [5, 5.41) is 3.35. The number of thioether (sulfide) groups is 1. The Hall–Kier alpha value is -3.00. The van der Waals surface area contributed by atoms with Gasteiger partial charge in [0.15, 0.2) is 0 Å². The first-order valence-corrected chi connectivity index (χ1v) is 10.3. The Labute approximate surface area is 171 Å². The molecule has 0 radical (unpaired) electrons.